The number of nitrogens with one attached hydrogen (secondary N) is 1. The van der Waals surface area contributed by atoms with Gasteiger partial charge in [-0.1, -0.05) is 23.7 Å². The summed E-state index contributed by atoms with van der Waals surface area (Å²) in [6.07, 6.45) is 0.237. The van der Waals surface area contributed by atoms with Gasteiger partial charge in [-0.05, 0) is 19.1 Å². The molecule has 0 aliphatic heterocycles. The molecule has 5 nitrogen and oxygen atoms in total. The number of ketones is 1. The van der Waals surface area contributed by atoms with Gasteiger partial charge in [0.05, 0.1) is 18.1 Å². The third-order valence-corrected chi connectivity index (χ3v) is 2.78. The van der Waals surface area contributed by atoms with Gasteiger partial charge in [-0.25, -0.2) is 4.79 Å². The number of halogens is 1. The summed E-state index contributed by atoms with van der Waals surface area (Å²) in [5.41, 5.74) is -0.0961. The maximum absolute atomic E-state index is 12.0. The molecule has 106 valence electrons. The van der Waals surface area contributed by atoms with E-state index in [1.165, 1.54) is 6.07 Å². The summed E-state index contributed by atoms with van der Waals surface area (Å²) >= 11 is 5.87. The lowest BCUT2D eigenvalue weighted by molar-refractivity contribution is -0.138. The van der Waals surface area contributed by atoms with Gasteiger partial charge in [-0.2, -0.15) is 0 Å². The van der Waals surface area contributed by atoms with Crippen LogP contribution in [0.25, 0.3) is 0 Å². The zero-order valence-corrected chi connectivity index (χ0v) is 11.6. The van der Waals surface area contributed by atoms with Crippen LogP contribution in [0.15, 0.2) is 35.6 Å². The lowest BCUT2D eigenvalue weighted by atomic mass is 10.1. The second-order valence-corrected chi connectivity index (χ2v) is 4.21. The minimum Gasteiger partial charge on any atom is -0.511 e. The first kappa shape index (κ1) is 15.9. The van der Waals surface area contributed by atoms with Crippen molar-refractivity contribution in [2.75, 3.05) is 6.61 Å². The van der Waals surface area contributed by atoms with Crippen molar-refractivity contribution in [3.63, 3.8) is 0 Å². The second-order valence-electron chi connectivity index (χ2n) is 3.80. The molecule has 0 heterocycles. The van der Waals surface area contributed by atoms with E-state index < -0.39 is 23.9 Å². The molecule has 0 saturated heterocycles. The largest absolute Gasteiger partial charge is 0.511 e. The highest BCUT2D eigenvalue weighted by Crippen LogP contribution is 2.19. The van der Waals surface area contributed by atoms with Gasteiger partial charge in [0, 0.05) is 11.8 Å². The number of rotatable bonds is 6. The smallest absolute Gasteiger partial charge is 0.343 e. The van der Waals surface area contributed by atoms with E-state index in [0.717, 1.165) is 0 Å². The molecular formula is C14H14ClNO4. The fraction of sp³-hybridized carbons (Fsp3) is 0.214. The quantitative estimate of drug-likeness (QED) is 0.278. The van der Waals surface area contributed by atoms with Crippen molar-refractivity contribution in [3.8, 4) is 0 Å². The van der Waals surface area contributed by atoms with Crippen molar-refractivity contribution < 1.29 is 19.4 Å². The summed E-state index contributed by atoms with van der Waals surface area (Å²) in [6, 6.07) is 6.39. The van der Waals surface area contributed by atoms with Crippen LogP contribution < -0.4 is 0 Å². The molecule has 1 aromatic rings. The average Bonchev–Trinajstić information content (AvgIpc) is 2.40. The fourth-order valence-electron chi connectivity index (χ4n) is 1.50. The van der Waals surface area contributed by atoms with Crippen molar-refractivity contribution in [1.82, 2.24) is 0 Å². The van der Waals surface area contributed by atoms with E-state index in [-0.39, 0.29) is 22.8 Å². The average molecular weight is 296 g/mol. The SMILES string of the molecule is CCOC(=O)/C(C=N)=C(\O)CC(=O)c1ccccc1Cl. The lowest BCUT2D eigenvalue weighted by Gasteiger charge is -2.06. The number of aliphatic hydroxyl groups excluding tert-OH is 1. The molecule has 0 fully saturated rings. The fourth-order valence-corrected chi connectivity index (χ4v) is 1.74. The molecule has 0 atom stereocenters. The Balaban J connectivity index is 2.96. The normalized spacial score (nSPS) is 11.5. The Hall–Kier alpha value is -2.14. The summed E-state index contributed by atoms with van der Waals surface area (Å²) in [6.45, 7) is 1.72. The van der Waals surface area contributed by atoms with E-state index >= 15 is 0 Å². The van der Waals surface area contributed by atoms with E-state index in [9.17, 15) is 14.7 Å². The Morgan fingerprint density at radius 2 is 2.05 bits per heavy atom. The predicted octanol–water partition coefficient (Wildman–Crippen LogP) is 2.94. The molecule has 0 saturated carbocycles. The van der Waals surface area contributed by atoms with Crippen molar-refractivity contribution in [2.24, 2.45) is 0 Å². The van der Waals surface area contributed by atoms with Gasteiger partial charge in [-0.3, -0.25) is 4.79 Å². The van der Waals surface area contributed by atoms with Gasteiger partial charge in [0.2, 0.25) is 0 Å². The maximum Gasteiger partial charge on any atom is 0.343 e. The molecule has 6 heteroatoms. The van der Waals surface area contributed by atoms with Gasteiger partial charge in [0.25, 0.3) is 0 Å². The highest BCUT2D eigenvalue weighted by Gasteiger charge is 2.18. The molecule has 1 aromatic carbocycles. The van der Waals surface area contributed by atoms with Gasteiger partial charge in [-0.15, -0.1) is 0 Å². The first-order valence-corrected chi connectivity index (χ1v) is 6.26. The van der Waals surface area contributed by atoms with E-state index in [0.29, 0.717) is 6.21 Å². The second kappa shape index (κ2) is 7.45. The highest BCUT2D eigenvalue weighted by molar-refractivity contribution is 6.34. The number of allylic oxidation sites excluding steroid dienone is 1. The van der Waals surface area contributed by atoms with Gasteiger partial charge >= 0.3 is 5.97 Å². The molecule has 0 unspecified atom stereocenters. The van der Waals surface area contributed by atoms with E-state index in [4.69, 9.17) is 17.0 Å². The summed E-state index contributed by atoms with van der Waals surface area (Å²) in [7, 11) is 0. The zero-order chi connectivity index (χ0) is 15.1. The van der Waals surface area contributed by atoms with Crippen LogP contribution in [0, 0.1) is 5.41 Å². The number of hydrogen-bond donors (Lipinski definition) is 2. The predicted molar refractivity (Wildman–Crippen MR) is 75.5 cm³/mol. The van der Waals surface area contributed by atoms with Crippen LogP contribution in [-0.2, 0) is 9.53 Å². The van der Waals surface area contributed by atoms with Crippen LogP contribution >= 0.6 is 11.6 Å². The van der Waals surface area contributed by atoms with Crippen LogP contribution in [0.2, 0.25) is 5.02 Å². The summed E-state index contributed by atoms with van der Waals surface area (Å²) in [5.74, 6) is -1.80. The third kappa shape index (κ3) is 3.93. The van der Waals surface area contributed by atoms with Crippen molar-refractivity contribution in [2.45, 2.75) is 13.3 Å². The van der Waals surface area contributed by atoms with Crippen molar-refractivity contribution >= 4 is 29.6 Å². The van der Waals surface area contributed by atoms with Gasteiger partial charge < -0.3 is 15.3 Å². The first-order valence-electron chi connectivity index (χ1n) is 5.88. The number of carbonyl (C=O) groups excluding carboxylic acids is 2. The van der Waals surface area contributed by atoms with Gasteiger partial charge in [0.1, 0.15) is 11.3 Å². The minimum atomic E-state index is -0.841. The summed E-state index contributed by atoms with van der Waals surface area (Å²) in [5, 5.41) is 17.2. The molecule has 0 radical (unpaired) electrons. The van der Waals surface area contributed by atoms with Crippen molar-refractivity contribution in [1.29, 1.82) is 5.41 Å². The number of Topliss-reactive ketones (excluding diaryl/α,β-unsaturated/α-hetero) is 1. The number of hydrogen-bond acceptors (Lipinski definition) is 5. The molecule has 0 aliphatic carbocycles. The Kier molecular flexibility index (Phi) is 5.93. The molecule has 20 heavy (non-hydrogen) atoms. The van der Waals surface area contributed by atoms with Gasteiger partial charge in [0.15, 0.2) is 5.78 Å². The number of esters is 1. The number of carbonyl (C=O) groups is 2. The Morgan fingerprint density at radius 3 is 2.60 bits per heavy atom. The molecule has 0 spiro atoms. The molecule has 1 rings (SSSR count). The van der Waals surface area contributed by atoms with Crippen LogP contribution in [0.3, 0.4) is 0 Å². The monoisotopic (exact) mass is 295 g/mol. The van der Waals surface area contributed by atoms with Crippen molar-refractivity contribution in [3.05, 3.63) is 46.2 Å². The molecular weight excluding hydrogens is 282 g/mol. The van der Waals surface area contributed by atoms with Crippen LogP contribution in [0.4, 0.5) is 0 Å². The highest BCUT2D eigenvalue weighted by atomic mass is 35.5. The minimum absolute atomic E-state index is 0.113. The molecule has 0 aliphatic rings. The molecule has 0 amide bonds. The summed E-state index contributed by atoms with van der Waals surface area (Å²) in [4.78, 5) is 23.4. The number of aliphatic hydroxyl groups is 1. The van der Waals surface area contributed by atoms with E-state index in [1.807, 2.05) is 0 Å². The lowest BCUT2D eigenvalue weighted by Crippen LogP contribution is -2.13. The van der Waals surface area contributed by atoms with Crippen LogP contribution in [0.5, 0.6) is 0 Å². The Labute approximate surface area is 121 Å². The van der Waals surface area contributed by atoms with E-state index in [1.54, 1.807) is 25.1 Å². The van der Waals surface area contributed by atoms with E-state index in [2.05, 4.69) is 4.74 Å². The summed E-state index contributed by atoms with van der Waals surface area (Å²) < 4.78 is 4.68. The molecule has 2 N–H and O–H groups in total. The third-order valence-electron chi connectivity index (χ3n) is 2.45. The zero-order valence-electron chi connectivity index (χ0n) is 10.9. The number of ether oxygens (including phenoxy) is 1. The van der Waals surface area contributed by atoms with Crippen LogP contribution in [-0.4, -0.2) is 29.7 Å². The first-order chi connectivity index (χ1) is 9.51. The molecule has 0 aromatic heterocycles. The maximum atomic E-state index is 12.0. The molecule has 0 bridgehead atoms. The number of benzene rings is 1. The van der Waals surface area contributed by atoms with Crippen LogP contribution in [0.1, 0.15) is 23.7 Å². The Morgan fingerprint density at radius 1 is 1.40 bits per heavy atom. The Bertz CT molecular complexity index is 566. The topological polar surface area (TPSA) is 87.5 Å². The standard InChI is InChI=1S/C14H14ClNO4/c1-2-20-14(19)10(8-16)13(18)7-12(17)9-5-3-4-6-11(9)15/h3-6,8,16,18H,2,7H2,1H3/b13-10-,16-8?.